The Labute approximate surface area is 171 Å². The molecule has 156 valence electrons. The highest BCUT2D eigenvalue weighted by molar-refractivity contribution is 5.93. The molecule has 0 aromatic heterocycles. The Morgan fingerprint density at radius 3 is 2.28 bits per heavy atom. The Morgan fingerprint density at radius 1 is 1.07 bits per heavy atom. The maximum Gasteiger partial charge on any atom is 0.251 e. The molecular formula is C22H28FN3O3. The molecule has 29 heavy (non-hydrogen) atoms. The molecule has 0 saturated heterocycles. The quantitative estimate of drug-likeness (QED) is 0.702. The van der Waals surface area contributed by atoms with Gasteiger partial charge in [-0.05, 0) is 49.4 Å². The van der Waals surface area contributed by atoms with Crippen LogP contribution in [0.4, 0.5) is 4.39 Å². The van der Waals surface area contributed by atoms with Crippen LogP contribution in [0.3, 0.4) is 0 Å². The smallest absolute Gasteiger partial charge is 0.251 e. The largest absolute Gasteiger partial charge is 0.494 e. The number of methoxy groups -OCH3 is 1. The minimum Gasteiger partial charge on any atom is -0.494 e. The second-order valence-electron chi connectivity index (χ2n) is 6.83. The number of nitrogens with one attached hydrogen (secondary N) is 1. The maximum absolute atomic E-state index is 13.9. The first kappa shape index (κ1) is 22.4. The highest BCUT2D eigenvalue weighted by atomic mass is 19.1. The zero-order valence-electron chi connectivity index (χ0n) is 17.4. The van der Waals surface area contributed by atoms with Crippen LogP contribution in [-0.2, 0) is 17.9 Å². The van der Waals surface area contributed by atoms with E-state index in [1.165, 1.54) is 13.2 Å². The van der Waals surface area contributed by atoms with E-state index in [4.69, 9.17) is 4.74 Å². The van der Waals surface area contributed by atoms with Gasteiger partial charge in [-0.15, -0.1) is 0 Å². The van der Waals surface area contributed by atoms with E-state index in [-0.39, 0.29) is 24.1 Å². The Hall–Kier alpha value is -2.93. The molecule has 0 atom stereocenters. The van der Waals surface area contributed by atoms with Crippen molar-refractivity contribution in [3.63, 3.8) is 0 Å². The minimum absolute atomic E-state index is 0.0341. The van der Waals surface area contributed by atoms with E-state index >= 15 is 0 Å². The first-order chi connectivity index (χ1) is 13.9. The zero-order chi connectivity index (χ0) is 21.4. The molecule has 2 aromatic rings. The van der Waals surface area contributed by atoms with Gasteiger partial charge in [0.1, 0.15) is 0 Å². The van der Waals surface area contributed by atoms with Gasteiger partial charge in [-0.2, -0.15) is 0 Å². The third-order valence-corrected chi connectivity index (χ3v) is 4.62. The summed E-state index contributed by atoms with van der Waals surface area (Å²) in [7, 11) is 4.88. The monoisotopic (exact) mass is 401 g/mol. The number of carbonyl (C=O) groups is 2. The van der Waals surface area contributed by atoms with Crippen LogP contribution in [0, 0.1) is 5.82 Å². The summed E-state index contributed by atoms with van der Waals surface area (Å²) in [5.74, 6) is -0.419. The summed E-state index contributed by atoms with van der Waals surface area (Å²) in [6, 6.07) is 12.0. The molecule has 7 heteroatoms. The van der Waals surface area contributed by atoms with Crippen LogP contribution in [0.2, 0.25) is 0 Å². The van der Waals surface area contributed by atoms with E-state index in [0.717, 1.165) is 5.56 Å². The zero-order valence-corrected chi connectivity index (χ0v) is 17.4. The van der Waals surface area contributed by atoms with Gasteiger partial charge in [0, 0.05) is 32.2 Å². The standard InChI is InChI=1S/C22H28FN3O3/c1-5-26(14-17-8-11-20(29-4)19(23)12-17)21(27)15-25(3)13-16-6-9-18(10-7-16)22(28)24-2/h6-12H,5,13-15H2,1-4H3,(H,24,28). The molecule has 0 aliphatic carbocycles. The van der Waals surface area contributed by atoms with Crippen LogP contribution in [0.1, 0.15) is 28.4 Å². The van der Waals surface area contributed by atoms with Gasteiger partial charge in [0.2, 0.25) is 5.91 Å². The third kappa shape index (κ3) is 6.29. The molecule has 0 bridgehead atoms. The fourth-order valence-corrected chi connectivity index (χ4v) is 3.01. The predicted molar refractivity (Wildman–Crippen MR) is 110 cm³/mol. The van der Waals surface area contributed by atoms with Crippen LogP contribution in [0.25, 0.3) is 0 Å². The molecule has 1 N–H and O–H groups in total. The molecule has 2 amide bonds. The lowest BCUT2D eigenvalue weighted by atomic mass is 10.1. The lowest BCUT2D eigenvalue weighted by Gasteiger charge is -2.24. The number of halogens is 1. The second kappa shape index (κ2) is 10.6. The number of hydrogen-bond acceptors (Lipinski definition) is 4. The van der Waals surface area contributed by atoms with Gasteiger partial charge in [0.15, 0.2) is 11.6 Å². The van der Waals surface area contributed by atoms with E-state index < -0.39 is 5.82 Å². The topological polar surface area (TPSA) is 61.9 Å². The normalized spacial score (nSPS) is 10.7. The van der Waals surface area contributed by atoms with Crippen molar-refractivity contribution in [2.75, 3.05) is 34.3 Å². The van der Waals surface area contributed by atoms with E-state index in [2.05, 4.69) is 5.32 Å². The molecule has 0 heterocycles. The summed E-state index contributed by atoms with van der Waals surface area (Å²) in [4.78, 5) is 27.9. The van der Waals surface area contributed by atoms with Gasteiger partial charge >= 0.3 is 0 Å². The predicted octanol–water partition coefficient (Wildman–Crippen LogP) is 2.67. The van der Waals surface area contributed by atoms with E-state index in [0.29, 0.717) is 30.8 Å². The van der Waals surface area contributed by atoms with Crippen molar-refractivity contribution in [2.24, 2.45) is 0 Å². The molecule has 6 nitrogen and oxygen atoms in total. The molecule has 0 aliphatic rings. The average Bonchev–Trinajstić information content (AvgIpc) is 2.71. The summed E-state index contributed by atoms with van der Waals surface area (Å²) < 4.78 is 18.8. The number of hydrogen-bond donors (Lipinski definition) is 1. The van der Waals surface area contributed by atoms with E-state index in [9.17, 15) is 14.0 Å². The van der Waals surface area contributed by atoms with Crippen molar-refractivity contribution in [3.05, 3.63) is 65.0 Å². The van der Waals surface area contributed by atoms with Crippen LogP contribution in [-0.4, -0.2) is 55.9 Å². The number of benzene rings is 2. The highest BCUT2D eigenvalue weighted by Gasteiger charge is 2.16. The van der Waals surface area contributed by atoms with E-state index in [1.807, 2.05) is 31.0 Å². The van der Waals surface area contributed by atoms with E-state index in [1.54, 1.807) is 36.2 Å². The number of carbonyl (C=O) groups excluding carboxylic acids is 2. The van der Waals surface area contributed by atoms with Crippen molar-refractivity contribution in [1.29, 1.82) is 0 Å². The summed E-state index contributed by atoms with van der Waals surface area (Å²) in [6.07, 6.45) is 0. The lowest BCUT2D eigenvalue weighted by molar-refractivity contribution is -0.132. The molecule has 0 spiro atoms. The van der Waals surface area contributed by atoms with Crippen LogP contribution < -0.4 is 10.1 Å². The number of likely N-dealkylation sites (N-methyl/N-ethyl adjacent to an activating group) is 2. The second-order valence-corrected chi connectivity index (χ2v) is 6.83. The van der Waals surface area contributed by atoms with Gasteiger partial charge in [-0.3, -0.25) is 14.5 Å². The third-order valence-electron chi connectivity index (χ3n) is 4.62. The van der Waals surface area contributed by atoms with Gasteiger partial charge in [0.05, 0.1) is 13.7 Å². The van der Waals surface area contributed by atoms with Gasteiger partial charge in [0.25, 0.3) is 5.91 Å². The van der Waals surface area contributed by atoms with Crippen molar-refractivity contribution in [3.8, 4) is 5.75 Å². The molecule has 2 rings (SSSR count). The summed E-state index contributed by atoms with van der Waals surface area (Å²) in [5.41, 5.74) is 2.32. The minimum atomic E-state index is -0.439. The molecule has 0 fully saturated rings. The summed E-state index contributed by atoms with van der Waals surface area (Å²) in [5, 5.41) is 2.59. The Kier molecular flexibility index (Phi) is 8.15. The first-order valence-electron chi connectivity index (χ1n) is 9.47. The van der Waals surface area contributed by atoms with Gasteiger partial charge < -0.3 is 15.0 Å². The van der Waals surface area contributed by atoms with Crippen molar-refractivity contribution >= 4 is 11.8 Å². The lowest BCUT2D eigenvalue weighted by Crippen LogP contribution is -2.38. The fraction of sp³-hybridized carbons (Fsp3) is 0.364. The summed E-state index contributed by atoms with van der Waals surface area (Å²) >= 11 is 0. The maximum atomic E-state index is 13.9. The number of nitrogens with zero attached hydrogens (tertiary/aromatic N) is 2. The fourth-order valence-electron chi connectivity index (χ4n) is 3.01. The Morgan fingerprint density at radius 2 is 1.72 bits per heavy atom. The molecule has 0 unspecified atom stereocenters. The number of ether oxygens (including phenoxy) is 1. The van der Waals surface area contributed by atoms with Gasteiger partial charge in [-0.25, -0.2) is 4.39 Å². The Bertz CT molecular complexity index is 840. The van der Waals surface area contributed by atoms with Crippen LogP contribution >= 0.6 is 0 Å². The molecule has 2 aromatic carbocycles. The molecular weight excluding hydrogens is 373 g/mol. The number of amides is 2. The van der Waals surface area contributed by atoms with Crippen LogP contribution in [0.5, 0.6) is 5.75 Å². The highest BCUT2D eigenvalue weighted by Crippen LogP contribution is 2.19. The average molecular weight is 401 g/mol. The van der Waals surface area contributed by atoms with Crippen molar-refractivity contribution in [1.82, 2.24) is 15.1 Å². The molecule has 0 radical (unpaired) electrons. The molecule has 0 saturated carbocycles. The summed E-state index contributed by atoms with van der Waals surface area (Å²) in [6.45, 7) is 3.58. The number of rotatable bonds is 9. The first-order valence-corrected chi connectivity index (χ1v) is 9.47. The van der Waals surface area contributed by atoms with Crippen molar-refractivity contribution in [2.45, 2.75) is 20.0 Å². The Balaban J connectivity index is 1.94. The van der Waals surface area contributed by atoms with Crippen LogP contribution in [0.15, 0.2) is 42.5 Å². The van der Waals surface area contributed by atoms with Gasteiger partial charge in [-0.1, -0.05) is 18.2 Å². The van der Waals surface area contributed by atoms with Crippen molar-refractivity contribution < 1.29 is 18.7 Å². The SMILES string of the molecule is CCN(Cc1ccc(OC)c(F)c1)C(=O)CN(C)Cc1ccc(C(=O)NC)cc1. The molecule has 0 aliphatic heterocycles.